The number of hydroxylamine groups is 2. The van der Waals surface area contributed by atoms with Gasteiger partial charge < -0.3 is 10.6 Å². The quantitative estimate of drug-likeness (QED) is 0.392. The molecule has 0 saturated carbocycles. The zero-order chi connectivity index (χ0) is 24.7. The third-order valence-corrected chi connectivity index (χ3v) is 5.56. The molecule has 1 saturated heterocycles. The number of urea groups is 1. The molecule has 2 aromatic carbocycles. The van der Waals surface area contributed by atoms with Gasteiger partial charge in [-0.05, 0) is 42.8 Å². The Morgan fingerprint density at radius 3 is 2.56 bits per heavy atom. The topological polar surface area (TPSA) is 92.3 Å². The van der Waals surface area contributed by atoms with Gasteiger partial charge in [-0.25, -0.2) is 14.8 Å². The Morgan fingerprint density at radius 2 is 1.75 bits per heavy atom. The third-order valence-electron chi connectivity index (χ3n) is 5.56. The summed E-state index contributed by atoms with van der Waals surface area (Å²) in [6.07, 6.45) is 5.81. The largest absolute Gasteiger partial charge is 0.346 e. The predicted molar refractivity (Wildman–Crippen MR) is 137 cm³/mol. The Bertz CT molecular complexity index is 1410. The number of nitrogens with one attached hydrogen (secondary N) is 2. The van der Waals surface area contributed by atoms with E-state index in [2.05, 4.69) is 37.4 Å². The molecule has 0 aliphatic carbocycles. The van der Waals surface area contributed by atoms with Crippen LogP contribution in [0.15, 0.2) is 85.3 Å². The standard InChI is InChI=1S/C28H24N6O2/c1-20-16-25(12-14-29-20)32-27-30-18-22(19-31-27)11-10-21-6-5-9-24(17-21)33-28(35)34-26(13-15-36-34)23-7-3-2-4-8-23/h2-9,12,14,16-19,26H,13,15H2,1H3,(H,33,35)(H,29,30,31,32)/t26-/m0/s1. The summed E-state index contributed by atoms with van der Waals surface area (Å²) >= 11 is 0. The van der Waals surface area contributed by atoms with E-state index in [1.807, 2.05) is 73.7 Å². The van der Waals surface area contributed by atoms with Crippen molar-refractivity contribution in [2.75, 3.05) is 17.2 Å². The Balaban J connectivity index is 1.23. The van der Waals surface area contributed by atoms with Gasteiger partial charge in [0.2, 0.25) is 5.95 Å². The fraction of sp³-hybridized carbons (Fsp3) is 0.143. The van der Waals surface area contributed by atoms with Gasteiger partial charge in [-0.3, -0.25) is 9.82 Å². The van der Waals surface area contributed by atoms with Crippen molar-refractivity contribution in [1.82, 2.24) is 20.0 Å². The van der Waals surface area contributed by atoms with Crippen LogP contribution in [0.1, 0.15) is 34.8 Å². The van der Waals surface area contributed by atoms with Crippen LogP contribution in [0.3, 0.4) is 0 Å². The lowest BCUT2D eigenvalue weighted by Crippen LogP contribution is -2.33. The maximum atomic E-state index is 12.9. The molecule has 0 radical (unpaired) electrons. The number of carbonyl (C=O) groups excluding carboxylic acids is 1. The van der Waals surface area contributed by atoms with Crippen LogP contribution in [0.5, 0.6) is 0 Å². The normalized spacial score (nSPS) is 14.6. The Labute approximate surface area is 209 Å². The number of carbonyl (C=O) groups is 1. The van der Waals surface area contributed by atoms with Crippen LogP contribution in [0.2, 0.25) is 0 Å². The number of pyridine rings is 1. The van der Waals surface area contributed by atoms with E-state index < -0.39 is 0 Å². The Morgan fingerprint density at radius 1 is 0.944 bits per heavy atom. The molecular weight excluding hydrogens is 452 g/mol. The zero-order valence-corrected chi connectivity index (χ0v) is 19.7. The number of aryl methyl sites for hydroxylation is 1. The van der Waals surface area contributed by atoms with Gasteiger partial charge in [0.1, 0.15) is 0 Å². The molecular formula is C28H24N6O2. The van der Waals surface area contributed by atoms with E-state index in [4.69, 9.17) is 4.84 Å². The highest BCUT2D eigenvalue weighted by molar-refractivity contribution is 5.89. The number of amides is 2. The van der Waals surface area contributed by atoms with Crippen molar-refractivity contribution in [2.24, 2.45) is 0 Å². The summed E-state index contributed by atoms with van der Waals surface area (Å²) in [7, 11) is 0. The van der Waals surface area contributed by atoms with Gasteiger partial charge in [-0.2, -0.15) is 5.06 Å². The summed E-state index contributed by atoms with van der Waals surface area (Å²) in [5, 5.41) is 7.47. The summed E-state index contributed by atoms with van der Waals surface area (Å²) in [4.78, 5) is 31.3. The molecule has 4 aromatic rings. The summed E-state index contributed by atoms with van der Waals surface area (Å²) in [5.41, 5.74) is 4.89. The first-order valence-corrected chi connectivity index (χ1v) is 11.6. The number of rotatable bonds is 4. The zero-order valence-electron chi connectivity index (χ0n) is 19.7. The molecule has 1 fully saturated rings. The van der Waals surface area contributed by atoms with Crippen molar-refractivity contribution in [3.05, 3.63) is 108 Å². The molecule has 0 unspecified atom stereocenters. The lowest BCUT2D eigenvalue weighted by Gasteiger charge is -2.23. The first-order chi connectivity index (χ1) is 17.6. The molecule has 3 heterocycles. The highest BCUT2D eigenvalue weighted by Crippen LogP contribution is 2.30. The van der Waals surface area contributed by atoms with E-state index in [1.54, 1.807) is 18.6 Å². The predicted octanol–water partition coefficient (Wildman–Crippen LogP) is 5.23. The molecule has 2 amide bonds. The van der Waals surface area contributed by atoms with Crippen molar-refractivity contribution in [1.29, 1.82) is 0 Å². The van der Waals surface area contributed by atoms with Crippen molar-refractivity contribution in [3.63, 3.8) is 0 Å². The number of anilines is 3. The second-order valence-electron chi connectivity index (χ2n) is 8.24. The molecule has 1 aliphatic rings. The molecule has 2 N–H and O–H groups in total. The minimum absolute atomic E-state index is 0.116. The van der Waals surface area contributed by atoms with Crippen LogP contribution in [-0.2, 0) is 4.84 Å². The fourth-order valence-electron chi connectivity index (χ4n) is 3.85. The minimum atomic E-state index is -0.313. The van der Waals surface area contributed by atoms with Gasteiger partial charge in [-0.15, -0.1) is 0 Å². The van der Waals surface area contributed by atoms with E-state index >= 15 is 0 Å². The van der Waals surface area contributed by atoms with Crippen LogP contribution in [-0.4, -0.2) is 32.7 Å². The molecule has 8 heteroatoms. The Hall–Kier alpha value is -4.74. The van der Waals surface area contributed by atoms with Gasteiger partial charge >= 0.3 is 6.03 Å². The van der Waals surface area contributed by atoms with Gasteiger partial charge in [-0.1, -0.05) is 48.2 Å². The second kappa shape index (κ2) is 10.7. The first kappa shape index (κ1) is 23.0. The van der Waals surface area contributed by atoms with Crippen molar-refractivity contribution < 1.29 is 9.63 Å². The van der Waals surface area contributed by atoms with Gasteiger partial charge in [0, 0.05) is 47.6 Å². The summed E-state index contributed by atoms with van der Waals surface area (Å²) in [5.74, 6) is 6.65. The minimum Gasteiger partial charge on any atom is -0.324 e. The SMILES string of the molecule is Cc1cc(Nc2ncc(C#Cc3cccc(NC(=O)N4OCC[C@H]4c4ccccc4)c3)cn2)ccn1. The van der Waals surface area contributed by atoms with Crippen LogP contribution >= 0.6 is 0 Å². The molecule has 178 valence electrons. The van der Waals surface area contributed by atoms with Crippen LogP contribution in [0.25, 0.3) is 0 Å². The van der Waals surface area contributed by atoms with E-state index in [-0.39, 0.29) is 12.1 Å². The van der Waals surface area contributed by atoms with Gasteiger partial charge in [0.15, 0.2) is 0 Å². The van der Waals surface area contributed by atoms with Crippen molar-refractivity contribution in [3.8, 4) is 11.8 Å². The summed E-state index contributed by atoms with van der Waals surface area (Å²) < 4.78 is 0. The van der Waals surface area contributed by atoms with Crippen LogP contribution in [0.4, 0.5) is 22.1 Å². The van der Waals surface area contributed by atoms with Gasteiger partial charge in [0.25, 0.3) is 0 Å². The highest BCUT2D eigenvalue weighted by Gasteiger charge is 2.31. The fourth-order valence-corrected chi connectivity index (χ4v) is 3.85. The molecule has 8 nitrogen and oxygen atoms in total. The molecule has 1 aliphatic heterocycles. The second-order valence-corrected chi connectivity index (χ2v) is 8.24. The monoisotopic (exact) mass is 476 g/mol. The lowest BCUT2D eigenvalue weighted by molar-refractivity contribution is -0.0829. The van der Waals surface area contributed by atoms with Crippen LogP contribution in [0, 0.1) is 18.8 Å². The molecule has 1 atom stereocenters. The lowest BCUT2D eigenvalue weighted by atomic mass is 10.1. The summed E-state index contributed by atoms with van der Waals surface area (Å²) in [6, 6.07) is 20.6. The van der Waals surface area contributed by atoms with Gasteiger partial charge in [0.05, 0.1) is 18.2 Å². The Kier molecular flexibility index (Phi) is 6.83. The number of hydrogen-bond donors (Lipinski definition) is 2. The van der Waals surface area contributed by atoms with E-state index in [0.29, 0.717) is 23.8 Å². The van der Waals surface area contributed by atoms with E-state index in [9.17, 15) is 4.79 Å². The maximum Gasteiger partial charge on any atom is 0.346 e. The maximum absolute atomic E-state index is 12.9. The average Bonchev–Trinajstić information content (AvgIpc) is 3.40. The third kappa shape index (κ3) is 5.66. The molecule has 0 spiro atoms. The molecule has 36 heavy (non-hydrogen) atoms. The smallest absolute Gasteiger partial charge is 0.324 e. The number of hydrogen-bond acceptors (Lipinski definition) is 6. The summed E-state index contributed by atoms with van der Waals surface area (Å²) in [6.45, 7) is 2.42. The number of benzene rings is 2. The average molecular weight is 477 g/mol. The number of aromatic nitrogens is 3. The number of nitrogens with zero attached hydrogens (tertiary/aromatic N) is 4. The van der Waals surface area contributed by atoms with Crippen molar-refractivity contribution >= 4 is 23.4 Å². The van der Waals surface area contributed by atoms with Crippen LogP contribution < -0.4 is 10.6 Å². The first-order valence-electron chi connectivity index (χ1n) is 11.6. The van der Waals surface area contributed by atoms with E-state index in [0.717, 1.165) is 28.9 Å². The van der Waals surface area contributed by atoms with E-state index in [1.165, 1.54) is 5.06 Å². The molecule has 2 aromatic heterocycles. The molecule has 5 rings (SSSR count). The highest BCUT2D eigenvalue weighted by atomic mass is 16.7. The molecule has 0 bridgehead atoms. The van der Waals surface area contributed by atoms with Crippen molar-refractivity contribution in [2.45, 2.75) is 19.4 Å².